The molecule has 2 aromatic carbocycles. The number of carbonyl (C=O) groups excluding carboxylic acids is 1. The van der Waals surface area contributed by atoms with Crippen molar-refractivity contribution in [2.75, 3.05) is 0 Å². The van der Waals surface area contributed by atoms with Gasteiger partial charge in [0.25, 0.3) is 5.56 Å². The first-order chi connectivity index (χ1) is 17.4. The molecule has 2 aromatic heterocycles. The summed E-state index contributed by atoms with van der Waals surface area (Å²) in [6, 6.07) is 9.77. The standard InChI is InChI=1S/C26H20F3N5O3/c1-15(2)33-24(36)22(14-32(25(33)37)20-7-5-6-17(12-20)26(27,28)29)23-21(16(3)35)13-31-34(23)19-10-8-18(30-4)9-11-19/h5-15H,1-3H3. The van der Waals surface area contributed by atoms with E-state index in [0.29, 0.717) is 11.4 Å². The van der Waals surface area contributed by atoms with Gasteiger partial charge in [-0.25, -0.2) is 14.3 Å². The largest absolute Gasteiger partial charge is 0.416 e. The Labute approximate surface area is 208 Å². The zero-order valence-electron chi connectivity index (χ0n) is 19.9. The molecule has 0 aliphatic carbocycles. The van der Waals surface area contributed by atoms with Crippen molar-refractivity contribution in [3.63, 3.8) is 0 Å². The smallest absolute Gasteiger partial charge is 0.294 e. The van der Waals surface area contributed by atoms with Crippen LogP contribution in [0.4, 0.5) is 18.9 Å². The number of aromatic nitrogens is 4. The quantitative estimate of drug-likeness (QED) is 0.275. The SMILES string of the molecule is [C-]#[N+]c1ccc(-n2ncc(C(C)=O)c2-c2cn(-c3cccc(C(F)(F)F)c3)c(=O)n(C(C)C)c2=O)cc1. The van der Waals surface area contributed by atoms with Crippen LogP contribution in [0.1, 0.15) is 42.7 Å². The van der Waals surface area contributed by atoms with Crippen LogP contribution in [0, 0.1) is 6.57 Å². The third-order valence-corrected chi connectivity index (χ3v) is 5.71. The van der Waals surface area contributed by atoms with E-state index >= 15 is 0 Å². The highest BCUT2D eigenvalue weighted by Gasteiger charge is 2.31. The van der Waals surface area contributed by atoms with Crippen molar-refractivity contribution in [1.29, 1.82) is 0 Å². The molecule has 0 aliphatic rings. The molecule has 0 fully saturated rings. The van der Waals surface area contributed by atoms with Gasteiger partial charge >= 0.3 is 11.9 Å². The number of rotatable bonds is 5. The maximum absolute atomic E-state index is 13.6. The number of carbonyl (C=O) groups is 1. The monoisotopic (exact) mass is 507 g/mol. The van der Waals surface area contributed by atoms with Crippen molar-refractivity contribution in [3.8, 4) is 22.6 Å². The molecule has 0 atom stereocenters. The van der Waals surface area contributed by atoms with E-state index in [9.17, 15) is 27.6 Å². The highest BCUT2D eigenvalue weighted by molar-refractivity contribution is 6.00. The Bertz CT molecular complexity index is 1670. The molecule has 0 amide bonds. The van der Waals surface area contributed by atoms with Crippen molar-refractivity contribution in [1.82, 2.24) is 18.9 Å². The Morgan fingerprint density at radius 3 is 2.30 bits per heavy atom. The van der Waals surface area contributed by atoms with Crippen LogP contribution in [-0.4, -0.2) is 24.7 Å². The molecule has 0 radical (unpaired) electrons. The number of halogens is 3. The third-order valence-electron chi connectivity index (χ3n) is 5.71. The summed E-state index contributed by atoms with van der Waals surface area (Å²) in [6.07, 6.45) is -2.24. The third kappa shape index (κ3) is 4.61. The van der Waals surface area contributed by atoms with Crippen LogP contribution in [0.25, 0.3) is 27.5 Å². The summed E-state index contributed by atoms with van der Waals surface area (Å²) in [6.45, 7) is 11.6. The van der Waals surface area contributed by atoms with Crippen LogP contribution in [-0.2, 0) is 6.18 Å². The van der Waals surface area contributed by atoms with E-state index in [-0.39, 0.29) is 22.5 Å². The van der Waals surface area contributed by atoms with Gasteiger partial charge in [-0.2, -0.15) is 18.3 Å². The Hall–Kier alpha value is -4.72. The fourth-order valence-electron chi connectivity index (χ4n) is 3.94. The molecule has 0 N–H and O–H groups in total. The summed E-state index contributed by atoms with van der Waals surface area (Å²) in [7, 11) is 0. The molecule has 0 saturated heterocycles. The van der Waals surface area contributed by atoms with Gasteiger partial charge in [-0.3, -0.25) is 18.7 Å². The summed E-state index contributed by atoms with van der Waals surface area (Å²) >= 11 is 0. The molecular weight excluding hydrogens is 487 g/mol. The van der Waals surface area contributed by atoms with Crippen molar-refractivity contribution in [2.45, 2.75) is 33.0 Å². The van der Waals surface area contributed by atoms with Gasteiger partial charge in [0.15, 0.2) is 11.5 Å². The lowest BCUT2D eigenvalue weighted by Crippen LogP contribution is -2.41. The number of nitrogens with zero attached hydrogens (tertiary/aromatic N) is 5. The first-order valence-corrected chi connectivity index (χ1v) is 11.1. The minimum absolute atomic E-state index is 0.0724. The number of benzene rings is 2. The molecule has 11 heteroatoms. The zero-order chi connectivity index (χ0) is 27.1. The normalized spacial score (nSPS) is 11.5. The topological polar surface area (TPSA) is 83.2 Å². The molecule has 0 unspecified atom stereocenters. The van der Waals surface area contributed by atoms with Crippen LogP contribution < -0.4 is 11.2 Å². The molecule has 4 rings (SSSR count). The fourth-order valence-corrected chi connectivity index (χ4v) is 3.94. The Balaban J connectivity index is 2.08. The molecule has 188 valence electrons. The minimum Gasteiger partial charge on any atom is -0.294 e. The van der Waals surface area contributed by atoms with E-state index in [1.165, 1.54) is 42.1 Å². The van der Waals surface area contributed by atoms with Crippen molar-refractivity contribution < 1.29 is 18.0 Å². The summed E-state index contributed by atoms with van der Waals surface area (Å²) in [5.41, 5.74) is -1.79. The van der Waals surface area contributed by atoms with Gasteiger partial charge in [0, 0.05) is 12.2 Å². The first kappa shape index (κ1) is 25.4. The van der Waals surface area contributed by atoms with Gasteiger partial charge in [-0.05, 0) is 51.1 Å². The average Bonchev–Trinajstić information content (AvgIpc) is 3.29. The molecule has 4 aromatic rings. The Kier molecular flexibility index (Phi) is 6.44. The molecular formula is C26H20F3N5O3. The summed E-state index contributed by atoms with van der Waals surface area (Å²) in [5, 5.41) is 4.26. The number of hydrogen-bond acceptors (Lipinski definition) is 4. The van der Waals surface area contributed by atoms with Crippen LogP contribution in [0.2, 0.25) is 0 Å². The second-order valence-corrected chi connectivity index (χ2v) is 8.52. The maximum atomic E-state index is 13.6. The molecule has 0 spiro atoms. The van der Waals surface area contributed by atoms with Crippen LogP contribution in [0.3, 0.4) is 0 Å². The van der Waals surface area contributed by atoms with E-state index < -0.39 is 34.8 Å². The van der Waals surface area contributed by atoms with E-state index in [0.717, 1.165) is 27.5 Å². The summed E-state index contributed by atoms with van der Waals surface area (Å²) in [4.78, 5) is 42.7. The van der Waals surface area contributed by atoms with Crippen molar-refractivity contribution in [2.24, 2.45) is 0 Å². The van der Waals surface area contributed by atoms with Gasteiger partial charge in [0.1, 0.15) is 0 Å². The Morgan fingerprint density at radius 2 is 1.73 bits per heavy atom. The molecule has 2 heterocycles. The Morgan fingerprint density at radius 1 is 1.05 bits per heavy atom. The summed E-state index contributed by atoms with van der Waals surface area (Å²) in [5.74, 6) is -0.411. The molecule has 0 aliphatic heterocycles. The second kappa shape index (κ2) is 9.39. The maximum Gasteiger partial charge on any atom is 0.416 e. The van der Waals surface area contributed by atoms with Crippen LogP contribution in [0.15, 0.2) is 70.5 Å². The number of hydrogen-bond donors (Lipinski definition) is 0. The molecule has 0 bridgehead atoms. The summed E-state index contributed by atoms with van der Waals surface area (Å²) < 4.78 is 43.3. The molecule has 37 heavy (non-hydrogen) atoms. The molecule has 0 saturated carbocycles. The lowest BCUT2D eigenvalue weighted by Gasteiger charge is -2.17. The van der Waals surface area contributed by atoms with Crippen molar-refractivity contribution in [3.05, 3.63) is 104 Å². The fraction of sp³-hybridized carbons (Fsp3) is 0.192. The first-order valence-electron chi connectivity index (χ1n) is 11.1. The average molecular weight is 507 g/mol. The second-order valence-electron chi connectivity index (χ2n) is 8.52. The molecule has 8 nitrogen and oxygen atoms in total. The number of Topliss-reactive ketones (excluding diaryl/α,β-unsaturated/α-hetero) is 1. The van der Waals surface area contributed by atoms with Gasteiger partial charge < -0.3 is 0 Å². The van der Waals surface area contributed by atoms with Gasteiger partial charge in [0.2, 0.25) is 0 Å². The lowest BCUT2D eigenvalue weighted by atomic mass is 10.1. The lowest BCUT2D eigenvalue weighted by molar-refractivity contribution is -0.137. The minimum atomic E-state index is -4.65. The predicted molar refractivity (Wildman–Crippen MR) is 131 cm³/mol. The van der Waals surface area contributed by atoms with Gasteiger partial charge in [-0.1, -0.05) is 18.2 Å². The van der Waals surface area contributed by atoms with Crippen molar-refractivity contribution >= 4 is 11.5 Å². The predicted octanol–water partition coefficient (Wildman–Crippen LogP) is 5.20. The van der Waals surface area contributed by atoms with Gasteiger partial charge in [0.05, 0.1) is 46.5 Å². The van der Waals surface area contributed by atoms with Crippen LogP contribution >= 0.6 is 0 Å². The van der Waals surface area contributed by atoms with Gasteiger partial charge in [-0.15, -0.1) is 0 Å². The highest BCUT2D eigenvalue weighted by Crippen LogP contribution is 2.31. The number of alkyl halides is 3. The van der Waals surface area contributed by atoms with Crippen LogP contribution in [0.5, 0.6) is 0 Å². The van der Waals surface area contributed by atoms with E-state index in [1.807, 2.05) is 0 Å². The van der Waals surface area contributed by atoms with E-state index in [1.54, 1.807) is 26.0 Å². The highest BCUT2D eigenvalue weighted by atomic mass is 19.4. The zero-order valence-corrected chi connectivity index (χ0v) is 19.9. The number of ketones is 1. The van der Waals surface area contributed by atoms with E-state index in [2.05, 4.69) is 9.94 Å². The van der Waals surface area contributed by atoms with E-state index in [4.69, 9.17) is 6.57 Å².